The van der Waals surface area contributed by atoms with Gasteiger partial charge < -0.3 is 24.9 Å². The lowest BCUT2D eigenvalue weighted by Gasteiger charge is -2.19. The predicted octanol–water partition coefficient (Wildman–Crippen LogP) is 0.297. The van der Waals surface area contributed by atoms with Crippen molar-refractivity contribution in [2.45, 2.75) is 40.0 Å². The molecule has 1 rings (SSSR count). The quantitative estimate of drug-likeness (QED) is 0.441. The first kappa shape index (κ1) is 24.9. The van der Waals surface area contributed by atoms with Crippen molar-refractivity contribution >= 4 is 35.8 Å². The molecule has 12 nitrogen and oxygen atoms in total. The second-order valence-corrected chi connectivity index (χ2v) is 6.52. The number of carbonyl (C=O) groups is 6. The third-order valence-electron chi connectivity index (χ3n) is 4.03. The third kappa shape index (κ3) is 8.05. The fourth-order valence-corrected chi connectivity index (χ4v) is 2.37. The number of ketones is 1. The van der Waals surface area contributed by atoms with E-state index >= 15 is 0 Å². The van der Waals surface area contributed by atoms with E-state index in [0.29, 0.717) is 18.2 Å². The average Bonchev–Trinajstić information content (AvgIpc) is 3.00. The van der Waals surface area contributed by atoms with E-state index in [9.17, 15) is 28.8 Å². The minimum absolute atomic E-state index is 0.0458. The Hall–Kier alpha value is -3.18. The summed E-state index contributed by atoms with van der Waals surface area (Å²) in [7, 11) is 0. The zero-order valence-electron chi connectivity index (χ0n) is 17.2. The van der Waals surface area contributed by atoms with Crippen LogP contribution >= 0.6 is 0 Å². The van der Waals surface area contributed by atoms with Gasteiger partial charge in [0.05, 0.1) is 11.8 Å². The molecule has 1 atom stereocenters. The van der Waals surface area contributed by atoms with Crippen LogP contribution in [0.15, 0.2) is 0 Å². The summed E-state index contributed by atoms with van der Waals surface area (Å²) >= 11 is 0. The number of amides is 4. The van der Waals surface area contributed by atoms with Crippen molar-refractivity contribution < 1.29 is 43.1 Å². The van der Waals surface area contributed by atoms with Crippen LogP contribution in [0.4, 0.5) is 9.59 Å². The molecule has 0 aromatic heterocycles. The minimum atomic E-state index is -1.01. The molecular formula is C18H27N3O9. The van der Waals surface area contributed by atoms with Crippen LogP contribution in [0.2, 0.25) is 0 Å². The van der Waals surface area contributed by atoms with Crippen molar-refractivity contribution in [1.29, 1.82) is 0 Å². The van der Waals surface area contributed by atoms with Crippen LogP contribution in [-0.4, -0.2) is 67.1 Å². The number of nitrogens with zero attached hydrogens (tertiary/aromatic N) is 1. The maximum atomic E-state index is 12.6. The van der Waals surface area contributed by atoms with Gasteiger partial charge in [-0.2, -0.15) is 0 Å². The Bertz CT molecular complexity index is 642. The lowest BCUT2D eigenvalue weighted by atomic mass is 9.96. The molecule has 1 aliphatic rings. The van der Waals surface area contributed by atoms with Crippen LogP contribution in [0.25, 0.3) is 0 Å². The molecule has 0 bridgehead atoms. The molecule has 0 aliphatic carbocycles. The molecule has 2 N–H and O–H groups in total. The van der Waals surface area contributed by atoms with Crippen LogP contribution in [-0.2, 0) is 33.5 Å². The molecule has 1 unspecified atom stereocenters. The third-order valence-corrected chi connectivity index (χ3v) is 4.03. The number of hydrogen-bond donors (Lipinski definition) is 2. The topological polar surface area (TPSA) is 157 Å². The Morgan fingerprint density at radius 2 is 1.40 bits per heavy atom. The monoisotopic (exact) mass is 429 g/mol. The fourth-order valence-electron chi connectivity index (χ4n) is 2.37. The summed E-state index contributed by atoms with van der Waals surface area (Å²) in [6, 6.07) is 0. The highest BCUT2D eigenvalue weighted by atomic mass is 16.7. The molecule has 0 saturated carbocycles. The summed E-state index contributed by atoms with van der Waals surface area (Å²) in [5.41, 5.74) is 0. The molecule has 0 aromatic carbocycles. The van der Waals surface area contributed by atoms with E-state index in [0.717, 1.165) is 0 Å². The molecule has 168 valence electrons. The number of rotatable bonds is 11. The molecule has 0 spiro atoms. The minimum Gasteiger partial charge on any atom is -0.449 e. The van der Waals surface area contributed by atoms with Crippen molar-refractivity contribution in [1.82, 2.24) is 15.7 Å². The predicted molar refractivity (Wildman–Crippen MR) is 99.5 cm³/mol. The number of ether oxygens (including phenoxy) is 2. The fraction of sp³-hybridized carbons (Fsp3) is 0.667. The molecule has 30 heavy (non-hydrogen) atoms. The molecule has 1 heterocycles. The smallest absolute Gasteiger partial charge is 0.407 e. The molecule has 1 fully saturated rings. The Balaban J connectivity index is 2.67. The van der Waals surface area contributed by atoms with Crippen LogP contribution < -0.4 is 10.6 Å². The first-order valence-electron chi connectivity index (χ1n) is 9.61. The van der Waals surface area contributed by atoms with E-state index in [2.05, 4.69) is 10.6 Å². The number of Topliss-reactive ketones (excluding diaryl/α,β-unsaturated/α-hetero) is 1. The van der Waals surface area contributed by atoms with Gasteiger partial charge in [0.1, 0.15) is 19.0 Å². The maximum Gasteiger partial charge on any atom is 0.407 e. The van der Waals surface area contributed by atoms with Gasteiger partial charge in [0.15, 0.2) is 0 Å². The Morgan fingerprint density at radius 1 is 0.933 bits per heavy atom. The second-order valence-electron chi connectivity index (χ2n) is 6.52. The number of hydroxylamine groups is 2. The van der Waals surface area contributed by atoms with Crippen LogP contribution in [0.1, 0.15) is 40.0 Å². The highest BCUT2D eigenvalue weighted by Crippen LogP contribution is 2.17. The van der Waals surface area contributed by atoms with Crippen molar-refractivity contribution in [3.05, 3.63) is 0 Å². The molecule has 12 heteroatoms. The van der Waals surface area contributed by atoms with E-state index in [1.165, 1.54) is 6.92 Å². The normalized spacial score (nSPS) is 14.3. The number of imide groups is 1. The van der Waals surface area contributed by atoms with Gasteiger partial charge in [-0.05, 0) is 13.8 Å². The van der Waals surface area contributed by atoms with Crippen molar-refractivity contribution in [2.24, 2.45) is 11.8 Å². The number of carbonyl (C=O) groups excluding carboxylic acids is 6. The van der Waals surface area contributed by atoms with Crippen LogP contribution in [0.3, 0.4) is 0 Å². The molecule has 1 saturated heterocycles. The van der Waals surface area contributed by atoms with Crippen LogP contribution in [0.5, 0.6) is 0 Å². The summed E-state index contributed by atoms with van der Waals surface area (Å²) in [4.78, 5) is 75.6. The Labute approximate surface area is 173 Å². The Kier molecular flexibility index (Phi) is 10.3. The zero-order valence-corrected chi connectivity index (χ0v) is 17.2. The van der Waals surface area contributed by atoms with Gasteiger partial charge in [0.2, 0.25) is 0 Å². The summed E-state index contributed by atoms with van der Waals surface area (Å²) in [5, 5.41) is 5.19. The first-order valence-corrected chi connectivity index (χ1v) is 9.61. The molecule has 1 aliphatic heterocycles. The van der Waals surface area contributed by atoms with E-state index in [1.54, 1.807) is 13.8 Å². The first-order chi connectivity index (χ1) is 14.2. The lowest BCUT2D eigenvalue weighted by molar-refractivity contribution is -0.200. The Morgan fingerprint density at radius 3 is 1.83 bits per heavy atom. The van der Waals surface area contributed by atoms with E-state index in [1.807, 2.05) is 0 Å². The van der Waals surface area contributed by atoms with Crippen LogP contribution in [0, 0.1) is 11.8 Å². The summed E-state index contributed by atoms with van der Waals surface area (Å²) in [6.45, 7) is 4.67. The largest absolute Gasteiger partial charge is 0.449 e. The summed E-state index contributed by atoms with van der Waals surface area (Å²) in [6.07, 6.45) is -1.92. The molecule has 0 aromatic rings. The van der Waals surface area contributed by atoms with Gasteiger partial charge in [0, 0.05) is 32.4 Å². The summed E-state index contributed by atoms with van der Waals surface area (Å²) < 4.78 is 9.88. The molecule has 4 amide bonds. The highest BCUT2D eigenvalue weighted by molar-refractivity contribution is 6.01. The maximum absolute atomic E-state index is 12.6. The average molecular weight is 429 g/mol. The lowest BCUT2D eigenvalue weighted by Crippen LogP contribution is -2.36. The van der Waals surface area contributed by atoms with Gasteiger partial charge in [-0.15, -0.1) is 5.06 Å². The number of hydrogen-bond acceptors (Lipinski definition) is 9. The van der Waals surface area contributed by atoms with E-state index < -0.39 is 47.6 Å². The number of nitrogens with one attached hydrogen (secondary N) is 2. The van der Waals surface area contributed by atoms with E-state index in [4.69, 9.17) is 14.3 Å². The van der Waals surface area contributed by atoms with Gasteiger partial charge in [0.25, 0.3) is 11.8 Å². The van der Waals surface area contributed by atoms with Crippen molar-refractivity contribution in [2.75, 3.05) is 26.3 Å². The van der Waals surface area contributed by atoms with Crippen molar-refractivity contribution in [3.8, 4) is 0 Å². The SMILES string of the molecule is CCNC(=O)OCC(COC(=O)NCC)C(=O)CC(C)C(=O)ON1C(=O)CCC1=O. The van der Waals surface area contributed by atoms with Gasteiger partial charge >= 0.3 is 18.2 Å². The zero-order chi connectivity index (χ0) is 22.7. The summed E-state index contributed by atoms with van der Waals surface area (Å²) in [5.74, 6) is -4.71. The molecular weight excluding hydrogens is 402 g/mol. The molecule has 0 radical (unpaired) electrons. The van der Waals surface area contributed by atoms with Gasteiger partial charge in [-0.3, -0.25) is 14.4 Å². The van der Waals surface area contributed by atoms with Crippen molar-refractivity contribution in [3.63, 3.8) is 0 Å². The number of alkyl carbamates (subject to hydrolysis) is 2. The standard InChI is InChI=1S/C18H27N3O9/c1-4-19-17(26)28-9-12(10-29-18(27)20-5-2)13(22)8-11(3)16(25)30-21-14(23)6-7-15(21)24/h11-12H,4-10H2,1-3H3,(H,19,26)(H,20,27). The van der Waals surface area contributed by atoms with Gasteiger partial charge in [-0.25, -0.2) is 14.4 Å². The highest BCUT2D eigenvalue weighted by Gasteiger charge is 2.35. The van der Waals surface area contributed by atoms with Gasteiger partial charge in [-0.1, -0.05) is 6.92 Å². The second kappa shape index (κ2) is 12.4. The van der Waals surface area contributed by atoms with E-state index in [-0.39, 0.29) is 32.5 Å².